The molecule has 0 unspecified atom stereocenters. The molecule has 1 heterocycles. The van der Waals surface area contributed by atoms with Gasteiger partial charge in [-0.2, -0.15) is 5.10 Å². The summed E-state index contributed by atoms with van der Waals surface area (Å²) in [6.07, 6.45) is 5.48. The van der Waals surface area contributed by atoms with Gasteiger partial charge in [-0.05, 0) is 24.6 Å². The Bertz CT molecular complexity index is 531. The first kappa shape index (κ1) is 13.4. The second-order valence-electron chi connectivity index (χ2n) is 4.39. The molecule has 1 atom stereocenters. The molecule has 1 aromatic heterocycles. The largest absolute Gasteiger partial charge is 0.497 e. The third kappa shape index (κ3) is 3.45. The van der Waals surface area contributed by atoms with E-state index in [9.17, 15) is 0 Å². The third-order valence-electron chi connectivity index (χ3n) is 3.07. The highest BCUT2D eigenvalue weighted by molar-refractivity contribution is 5.29. The standard InChI is InChI=1S/C15H19N3O/c1-4-18-11-13(10-17-18)9-16-12(2)14-5-7-15(19-3)8-6-14/h4-8,10-12,16H,1,9H2,2-3H3/t12-/m1/s1. The van der Waals surface area contributed by atoms with E-state index in [0.717, 1.165) is 17.9 Å². The van der Waals surface area contributed by atoms with Gasteiger partial charge in [0.25, 0.3) is 0 Å². The minimum absolute atomic E-state index is 0.276. The minimum Gasteiger partial charge on any atom is -0.497 e. The molecule has 0 spiro atoms. The van der Waals surface area contributed by atoms with Crippen LogP contribution in [-0.4, -0.2) is 16.9 Å². The van der Waals surface area contributed by atoms with Crippen LogP contribution in [0.15, 0.2) is 43.2 Å². The van der Waals surface area contributed by atoms with Crippen molar-refractivity contribution < 1.29 is 4.74 Å². The molecule has 1 N–H and O–H groups in total. The van der Waals surface area contributed by atoms with Crippen LogP contribution in [0.4, 0.5) is 0 Å². The molecule has 100 valence electrons. The highest BCUT2D eigenvalue weighted by Gasteiger charge is 2.05. The summed E-state index contributed by atoms with van der Waals surface area (Å²) < 4.78 is 6.86. The molecule has 0 aliphatic carbocycles. The van der Waals surface area contributed by atoms with Crippen molar-refractivity contribution in [1.82, 2.24) is 15.1 Å². The summed E-state index contributed by atoms with van der Waals surface area (Å²) in [6, 6.07) is 8.37. The van der Waals surface area contributed by atoms with Crippen LogP contribution >= 0.6 is 0 Å². The van der Waals surface area contributed by atoms with Crippen molar-refractivity contribution in [2.45, 2.75) is 19.5 Å². The first-order chi connectivity index (χ1) is 9.22. The maximum Gasteiger partial charge on any atom is 0.118 e. The van der Waals surface area contributed by atoms with E-state index in [1.54, 1.807) is 18.0 Å². The van der Waals surface area contributed by atoms with Crippen LogP contribution in [0.3, 0.4) is 0 Å². The van der Waals surface area contributed by atoms with E-state index in [1.807, 2.05) is 24.5 Å². The first-order valence-electron chi connectivity index (χ1n) is 6.26. The maximum atomic E-state index is 5.15. The number of aromatic nitrogens is 2. The molecule has 0 amide bonds. The van der Waals surface area contributed by atoms with E-state index >= 15 is 0 Å². The van der Waals surface area contributed by atoms with E-state index < -0.39 is 0 Å². The summed E-state index contributed by atoms with van der Waals surface area (Å²) in [5.41, 5.74) is 2.37. The van der Waals surface area contributed by atoms with E-state index in [-0.39, 0.29) is 6.04 Å². The van der Waals surface area contributed by atoms with Gasteiger partial charge in [-0.3, -0.25) is 0 Å². The number of hydrogen-bond donors (Lipinski definition) is 1. The highest BCUT2D eigenvalue weighted by atomic mass is 16.5. The Balaban J connectivity index is 1.92. The number of nitrogens with one attached hydrogen (secondary N) is 1. The predicted octanol–water partition coefficient (Wildman–Crippen LogP) is 2.84. The van der Waals surface area contributed by atoms with E-state index in [2.05, 4.69) is 36.1 Å². The Morgan fingerprint density at radius 3 is 2.74 bits per heavy atom. The van der Waals surface area contributed by atoms with Crippen LogP contribution in [-0.2, 0) is 6.54 Å². The molecule has 19 heavy (non-hydrogen) atoms. The highest BCUT2D eigenvalue weighted by Crippen LogP contribution is 2.17. The zero-order valence-corrected chi connectivity index (χ0v) is 11.3. The normalized spacial score (nSPS) is 12.1. The van der Waals surface area contributed by atoms with E-state index in [1.165, 1.54) is 5.56 Å². The summed E-state index contributed by atoms with van der Waals surface area (Å²) in [6.45, 7) is 6.59. The summed E-state index contributed by atoms with van der Waals surface area (Å²) in [7, 11) is 1.67. The van der Waals surface area contributed by atoms with Crippen LogP contribution in [0.2, 0.25) is 0 Å². The van der Waals surface area contributed by atoms with Gasteiger partial charge in [-0.15, -0.1) is 0 Å². The van der Waals surface area contributed by atoms with Gasteiger partial charge in [-0.1, -0.05) is 18.7 Å². The number of methoxy groups -OCH3 is 1. The lowest BCUT2D eigenvalue weighted by atomic mass is 10.1. The molecule has 0 bridgehead atoms. The van der Waals surface area contributed by atoms with Gasteiger partial charge in [0.2, 0.25) is 0 Å². The van der Waals surface area contributed by atoms with Gasteiger partial charge in [0, 0.05) is 30.5 Å². The lowest BCUT2D eigenvalue weighted by Gasteiger charge is -2.14. The van der Waals surface area contributed by atoms with Crippen LogP contribution in [0, 0.1) is 0 Å². The molecule has 1 aromatic carbocycles. The first-order valence-corrected chi connectivity index (χ1v) is 6.26. The van der Waals surface area contributed by atoms with Gasteiger partial charge in [0.15, 0.2) is 0 Å². The minimum atomic E-state index is 0.276. The van der Waals surface area contributed by atoms with Gasteiger partial charge in [0.05, 0.1) is 13.3 Å². The fourth-order valence-corrected chi connectivity index (χ4v) is 1.85. The average molecular weight is 257 g/mol. The van der Waals surface area contributed by atoms with Gasteiger partial charge in [0.1, 0.15) is 5.75 Å². The zero-order chi connectivity index (χ0) is 13.7. The van der Waals surface area contributed by atoms with Crippen molar-refractivity contribution in [3.05, 3.63) is 54.4 Å². The third-order valence-corrected chi connectivity index (χ3v) is 3.07. The molecule has 4 heteroatoms. The molecule has 0 aliphatic heterocycles. The Labute approximate surface area is 113 Å². The number of ether oxygens (including phenoxy) is 1. The molecule has 0 saturated carbocycles. The summed E-state index contributed by atoms with van der Waals surface area (Å²) in [4.78, 5) is 0. The van der Waals surface area contributed by atoms with Crippen LogP contribution < -0.4 is 10.1 Å². The van der Waals surface area contributed by atoms with Crippen LogP contribution in [0.5, 0.6) is 5.75 Å². The van der Waals surface area contributed by atoms with Crippen LogP contribution in [0.1, 0.15) is 24.1 Å². The Hall–Kier alpha value is -2.07. The molecule has 2 aromatic rings. The fraction of sp³-hybridized carbons (Fsp3) is 0.267. The van der Waals surface area contributed by atoms with Gasteiger partial charge >= 0.3 is 0 Å². The quantitative estimate of drug-likeness (QED) is 0.865. The summed E-state index contributed by atoms with van der Waals surface area (Å²) >= 11 is 0. The topological polar surface area (TPSA) is 39.1 Å². The monoisotopic (exact) mass is 257 g/mol. The van der Waals surface area contributed by atoms with Crippen molar-refractivity contribution in [3.63, 3.8) is 0 Å². The Kier molecular flexibility index (Phi) is 4.36. The van der Waals surface area contributed by atoms with Crippen molar-refractivity contribution in [3.8, 4) is 5.75 Å². The number of hydrogen-bond acceptors (Lipinski definition) is 3. The molecule has 2 rings (SSSR count). The Morgan fingerprint density at radius 1 is 1.42 bits per heavy atom. The maximum absolute atomic E-state index is 5.15. The molecule has 0 aliphatic rings. The molecular formula is C15H19N3O. The zero-order valence-electron chi connectivity index (χ0n) is 11.3. The second kappa shape index (κ2) is 6.20. The number of rotatable bonds is 6. The van der Waals surface area contributed by atoms with Gasteiger partial charge in [-0.25, -0.2) is 4.68 Å². The summed E-state index contributed by atoms with van der Waals surface area (Å²) in [5.74, 6) is 0.878. The van der Waals surface area contributed by atoms with Crippen molar-refractivity contribution in [1.29, 1.82) is 0 Å². The molecule has 0 fully saturated rings. The Morgan fingerprint density at radius 2 is 2.16 bits per heavy atom. The molecule has 4 nitrogen and oxygen atoms in total. The lowest BCUT2D eigenvalue weighted by molar-refractivity contribution is 0.414. The predicted molar refractivity (Wildman–Crippen MR) is 76.9 cm³/mol. The number of nitrogens with zero attached hydrogens (tertiary/aromatic N) is 2. The molecule has 0 radical (unpaired) electrons. The van der Waals surface area contributed by atoms with E-state index in [4.69, 9.17) is 4.74 Å². The molecule has 0 saturated heterocycles. The SMILES string of the molecule is C=Cn1cc(CN[C@H](C)c2ccc(OC)cc2)cn1. The van der Waals surface area contributed by atoms with Crippen molar-refractivity contribution in [2.75, 3.05) is 7.11 Å². The summed E-state index contributed by atoms with van der Waals surface area (Å²) in [5, 5.41) is 7.61. The van der Waals surface area contributed by atoms with E-state index in [0.29, 0.717) is 0 Å². The second-order valence-corrected chi connectivity index (χ2v) is 4.39. The average Bonchev–Trinajstić information content (AvgIpc) is 2.93. The van der Waals surface area contributed by atoms with Crippen molar-refractivity contribution in [2.24, 2.45) is 0 Å². The smallest absolute Gasteiger partial charge is 0.118 e. The number of benzene rings is 1. The molecular weight excluding hydrogens is 238 g/mol. The van der Waals surface area contributed by atoms with Crippen molar-refractivity contribution >= 4 is 6.20 Å². The fourth-order valence-electron chi connectivity index (χ4n) is 1.85. The van der Waals surface area contributed by atoms with Gasteiger partial charge < -0.3 is 10.1 Å². The van der Waals surface area contributed by atoms with Crippen LogP contribution in [0.25, 0.3) is 6.20 Å². The lowest BCUT2D eigenvalue weighted by Crippen LogP contribution is -2.17.